The van der Waals surface area contributed by atoms with Crippen LogP contribution in [-0.2, 0) is 6.18 Å². The smallest absolute Gasteiger partial charge is 0.298 e. The van der Waals surface area contributed by atoms with Gasteiger partial charge in [0.2, 0.25) is 0 Å². The molecule has 1 rings (SSSR count). The number of aromatic nitrogens is 1. The van der Waals surface area contributed by atoms with Crippen LogP contribution in [0.3, 0.4) is 0 Å². The van der Waals surface area contributed by atoms with Crippen LogP contribution in [0.25, 0.3) is 0 Å². The van der Waals surface area contributed by atoms with Crippen molar-refractivity contribution in [2.75, 3.05) is 0 Å². The van der Waals surface area contributed by atoms with Crippen LogP contribution in [0.15, 0.2) is 6.07 Å². The van der Waals surface area contributed by atoms with E-state index >= 15 is 0 Å². The van der Waals surface area contributed by atoms with Crippen molar-refractivity contribution in [1.82, 2.24) is 4.98 Å². The van der Waals surface area contributed by atoms with Crippen LogP contribution in [0.2, 0.25) is 0 Å². The third-order valence-corrected chi connectivity index (χ3v) is 1.86. The first-order valence-electron chi connectivity index (χ1n) is 4.18. The van der Waals surface area contributed by atoms with Crippen molar-refractivity contribution in [3.05, 3.63) is 33.1 Å². The number of carbonyl (C=O) groups excluding carboxylic acids is 1. The fourth-order valence-electron chi connectivity index (χ4n) is 1.16. The lowest BCUT2D eigenvalue weighted by Gasteiger charge is -2.10. The lowest BCUT2D eigenvalue weighted by Crippen LogP contribution is -2.15. The molecule has 0 aliphatic carbocycles. The Labute approximate surface area is 95.4 Å². The molecule has 98 valence electrons. The van der Waals surface area contributed by atoms with Crippen LogP contribution in [-0.4, -0.2) is 16.2 Å². The molecule has 0 fully saturated rings. The van der Waals surface area contributed by atoms with Gasteiger partial charge in [-0.05, 0) is 0 Å². The van der Waals surface area contributed by atoms with Gasteiger partial charge in [0.25, 0.3) is 12.1 Å². The monoisotopic (exact) mass is 270 g/mol. The maximum atomic E-state index is 12.4. The number of alkyl halides is 5. The minimum Gasteiger partial charge on any atom is -0.298 e. The SMILES string of the molecule is O=Cc1cc([N+](=O)[O-])c(C(F)F)nc1C(F)(F)F. The van der Waals surface area contributed by atoms with Gasteiger partial charge in [-0.15, -0.1) is 0 Å². The van der Waals surface area contributed by atoms with Crippen molar-refractivity contribution in [3.8, 4) is 0 Å². The Hall–Kier alpha value is -2.13. The van der Waals surface area contributed by atoms with Crippen LogP contribution < -0.4 is 0 Å². The summed E-state index contributed by atoms with van der Waals surface area (Å²) in [6, 6.07) is 0.129. The van der Waals surface area contributed by atoms with E-state index in [-0.39, 0.29) is 12.4 Å². The normalized spacial score (nSPS) is 11.7. The molecule has 0 atom stereocenters. The molecule has 0 bridgehead atoms. The number of hydrogen-bond acceptors (Lipinski definition) is 4. The van der Waals surface area contributed by atoms with Crippen molar-refractivity contribution >= 4 is 12.0 Å². The van der Waals surface area contributed by atoms with Gasteiger partial charge in [0.05, 0.1) is 10.5 Å². The third-order valence-electron chi connectivity index (χ3n) is 1.86. The molecule has 0 aliphatic heterocycles. The van der Waals surface area contributed by atoms with Crippen LogP contribution >= 0.6 is 0 Å². The lowest BCUT2D eigenvalue weighted by atomic mass is 10.1. The molecule has 1 aromatic rings. The van der Waals surface area contributed by atoms with Gasteiger partial charge >= 0.3 is 6.18 Å². The summed E-state index contributed by atoms with van der Waals surface area (Å²) < 4.78 is 61.9. The molecule has 0 spiro atoms. The van der Waals surface area contributed by atoms with Crippen molar-refractivity contribution in [2.24, 2.45) is 0 Å². The highest BCUT2D eigenvalue weighted by atomic mass is 19.4. The Bertz CT molecular complexity index is 500. The van der Waals surface area contributed by atoms with Gasteiger partial charge in [-0.3, -0.25) is 14.9 Å². The molecule has 0 amide bonds. The number of nitrogens with zero attached hydrogens (tertiary/aromatic N) is 2. The Kier molecular flexibility index (Phi) is 3.58. The number of nitro groups is 1. The average molecular weight is 270 g/mol. The van der Waals surface area contributed by atoms with E-state index in [1.165, 1.54) is 0 Å². The van der Waals surface area contributed by atoms with E-state index in [2.05, 4.69) is 4.98 Å². The summed E-state index contributed by atoms with van der Waals surface area (Å²) in [4.78, 5) is 21.9. The Morgan fingerprint density at radius 1 is 1.39 bits per heavy atom. The van der Waals surface area contributed by atoms with Gasteiger partial charge in [-0.25, -0.2) is 13.8 Å². The van der Waals surface area contributed by atoms with Crippen LogP contribution in [0.4, 0.5) is 27.6 Å². The van der Waals surface area contributed by atoms with Gasteiger partial charge in [-0.1, -0.05) is 0 Å². The molecule has 0 aromatic carbocycles. The molecular weight excluding hydrogens is 267 g/mol. The largest absolute Gasteiger partial charge is 0.434 e. The molecule has 0 radical (unpaired) electrons. The van der Waals surface area contributed by atoms with Gasteiger partial charge in [0.1, 0.15) is 0 Å². The average Bonchev–Trinajstić information content (AvgIpc) is 2.25. The number of pyridine rings is 1. The summed E-state index contributed by atoms with van der Waals surface area (Å²) in [7, 11) is 0. The van der Waals surface area contributed by atoms with Crippen molar-refractivity contribution in [2.45, 2.75) is 12.6 Å². The van der Waals surface area contributed by atoms with E-state index in [9.17, 15) is 36.9 Å². The Morgan fingerprint density at radius 3 is 2.28 bits per heavy atom. The molecule has 0 saturated carbocycles. The quantitative estimate of drug-likeness (QED) is 0.366. The molecule has 18 heavy (non-hydrogen) atoms. The van der Waals surface area contributed by atoms with Crippen molar-refractivity contribution in [1.29, 1.82) is 0 Å². The zero-order valence-corrected chi connectivity index (χ0v) is 8.24. The van der Waals surface area contributed by atoms with E-state index in [0.29, 0.717) is 0 Å². The highest BCUT2D eigenvalue weighted by Crippen LogP contribution is 2.35. The number of hydrogen-bond donors (Lipinski definition) is 0. The van der Waals surface area contributed by atoms with E-state index in [0.717, 1.165) is 0 Å². The van der Waals surface area contributed by atoms with Gasteiger partial charge in [0.15, 0.2) is 17.7 Å². The van der Waals surface area contributed by atoms with Crippen LogP contribution in [0, 0.1) is 10.1 Å². The summed E-state index contributed by atoms with van der Waals surface area (Å²) in [6.45, 7) is 0. The molecular formula is C8H3F5N2O3. The highest BCUT2D eigenvalue weighted by Gasteiger charge is 2.39. The minimum atomic E-state index is -5.16. The highest BCUT2D eigenvalue weighted by molar-refractivity contribution is 5.78. The Morgan fingerprint density at radius 2 is 1.94 bits per heavy atom. The standard InChI is InChI=1S/C8H3F5N2O3/c9-7(10)5-4(15(17)18)1-3(2-16)6(14-5)8(11,12)13/h1-2,7H. The van der Waals surface area contributed by atoms with Gasteiger partial charge in [0, 0.05) is 6.07 Å². The predicted molar refractivity (Wildman–Crippen MR) is 46.2 cm³/mol. The summed E-state index contributed by atoms with van der Waals surface area (Å²) in [5.74, 6) is 0. The summed E-state index contributed by atoms with van der Waals surface area (Å²) in [6.07, 6.45) is -9.06. The van der Waals surface area contributed by atoms with Crippen molar-refractivity contribution < 1.29 is 31.7 Å². The second-order valence-corrected chi connectivity index (χ2v) is 3.00. The molecule has 10 heteroatoms. The fraction of sp³-hybridized carbons (Fsp3) is 0.250. The van der Waals surface area contributed by atoms with Crippen molar-refractivity contribution in [3.63, 3.8) is 0 Å². The molecule has 1 aromatic heterocycles. The van der Waals surface area contributed by atoms with Crippen LogP contribution in [0.1, 0.15) is 28.2 Å². The maximum absolute atomic E-state index is 12.4. The molecule has 0 aliphatic rings. The van der Waals surface area contributed by atoms with E-state index in [1.807, 2.05) is 0 Å². The van der Waals surface area contributed by atoms with Crippen LogP contribution in [0.5, 0.6) is 0 Å². The number of carbonyl (C=O) groups is 1. The van der Waals surface area contributed by atoms with E-state index < -0.39 is 40.2 Å². The molecule has 5 nitrogen and oxygen atoms in total. The summed E-state index contributed by atoms with van der Waals surface area (Å²) in [5, 5.41) is 10.4. The third kappa shape index (κ3) is 2.57. The summed E-state index contributed by atoms with van der Waals surface area (Å²) in [5.41, 5.74) is -6.00. The first-order chi connectivity index (χ1) is 8.18. The first kappa shape index (κ1) is 13.9. The lowest BCUT2D eigenvalue weighted by molar-refractivity contribution is -0.386. The minimum absolute atomic E-state index is 0.129. The Balaban J connectivity index is 3.62. The maximum Gasteiger partial charge on any atom is 0.434 e. The van der Waals surface area contributed by atoms with Gasteiger partial charge < -0.3 is 0 Å². The number of halogens is 5. The van der Waals surface area contributed by atoms with E-state index in [1.54, 1.807) is 0 Å². The topological polar surface area (TPSA) is 73.1 Å². The molecule has 0 N–H and O–H groups in total. The molecule has 0 unspecified atom stereocenters. The predicted octanol–water partition coefficient (Wildman–Crippen LogP) is 2.76. The second kappa shape index (κ2) is 4.63. The zero-order chi connectivity index (χ0) is 14.1. The first-order valence-corrected chi connectivity index (χ1v) is 4.18. The number of rotatable bonds is 3. The summed E-state index contributed by atoms with van der Waals surface area (Å²) >= 11 is 0. The second-order valence-electron chi connectivity index (χ2n) is 3.00. The molecule has 1 heterocycles. The van der Waals surface area contributed by atoms with Gasteiger partial charge in [-0.2, -0.15) is 13.2 Å². The number of aldehydes is 1. The van der Waals surface area contributed by atoms with E-state index in [4.69, 9.17) is 0 Å². The zero-order valence-electron chi connectivity index (χ0n) is 8.24. The molecule has 0 saturated heterocycles. The fourth-order valence-corrected chi connectivity index (χ4v) is 1.16.